The maximum Gasteiger partial charge on any atom is 0.317 e. The quantitative estimate of drug-likeness (QED) is 0.784. The van der Waals surface area contributed by atoms with E-state index in [9.17, 15) is 9.90 Å². The lowest BCUT2D eigenvalue weighted by molar-refractivity contribution is 0.158. The molecule has 5 nitrogen and oxygen atoms in total. The summed E-state index contributed by atoms with van der Waals surface area (Å²) in [5.74, 6) is 0. The summed E-state index contributed by atoms with van der Waals surface area (Å²) in [5, 5.41) is 12.4. The molecule has 2 fully saturated rings. The van der Waals surface area contributed by atoms with Crippen molar-refractivity contribution >= 4 is 6.03 Å². The first-order valence-electron chi connectivity index (χ1n) is 8.39. The van der Waals surface area contributed by atoms with Crippen LogP contribution in [0.4, 0.5) is 4.79 Å². The van der Waals surface area contributed by atoms with E-state index in [4.69, 9.17) is 0 Å². The van der Waals surface area contributed by atoms with Crippen LogP contribution >= 0.6 is 0 Å². The average Bonchev–Trinajstić information content (AvgIpc) is 3.24. The van der Waals surface area contributed by atoms with Gasteiger partial charge in [0.1, 0.15) is 0 Å². The fourth-order valence-corrected chi connectivity index (χ4v) is 3.19. The van der Waals surface area contributed by atoms with Crippen LogP contribution in [0, 0.1) is 5.41 Å². The zero-order valence-corrected chi connectivity index (χ0v) is 13.6. The number of nitrogens with one attached hydrogen (secondary N) is 1. The number of rotatable bonds is 6. The average molecular weight is 297 g/mol. The number of hydrogen-bond acceptors (Lipinski definition) is 3. The van der Waals surface area contributed by atoms with Crippen LogP contribution in [-0.4, -0.2) is 66.8 Å². The Morgan fingerprint density at radius 2 is 1.90 bits per heavy atom. The molecule has 21 heavy (non-hydrogen) atoms. The van der Waals surface area contributed by atoms with E-state index >= 15 is 0 Å². The zero-order valence-electron chi connectivity index (χ0n) is 13.6. The van der Waals surface area contributed by atoms with Crippen molar-refractivity contribution in [3.05, 3.63) is 0 Å². The molecule has 0 spiro atoms. The van der Waals surface area contributed by atoms with E-state index in [1.807, 2.05) is 7.05 Å². The van der Waals surface area contributed by atoms with Crippen LogP contribution in [0.15, 0.2) is 0 Å². The molecule has 1 saturated heterocycles. The van der Waals surface area contributed by atoms with Gasteiger partial charge in [0.2, 0.25) is 0 Å². The van der Waals surface area contributed by atoms with Crippen molar-refractivity contribution < 1.29 is 9.90 Å². The monoisotopic (exact) mass is 297 g/mol. The van der Waals surface area contributed by atoms with Gasteiger partial charge >= 0.3 is 6.03 Å². The highest BCUT2D eigenvalue weighted by Gasteiger charge is 2.43. The van der Waals surface area contributed by atoms with E-state index in [1.165, 1.54) is 25.7 Å². The van der Waals surface area contributed by atoms with Gasteiger partial charge in [-0.15, -0.1) is 0 Å². The Kier molecular flexibility index (Phi) is 5.88. The van der Waals surface area contributed by atoms with Crippen LogP contribution in [0.25, 0.3) is 0 Å². The molecule has 1 aliphatic carbocycles. The smallest absolute Gasteiger partial charge is 0.317 e. The van der Waals surface area contributed by atoms with Gasteiger partial charge in [-0.05, 0) is 45.7 Å². The molecule has 0 unspecified atom stereocenters. The predicted octanol–water partition coefficient (Wildman–Crippen LogP) is 1.66. The number of hydrogen-bond donors (Lipinski definition) is 2. The molecular weight excluding hydrogens is 266 g/mol. The van der Waals surface area contributed by atoms with Crippen molar-refractivity contribution in [2.75, 3.05) is 39.8 Å². The minimum atomic E-state index is -0.0166. The van der Waals surface area contributed by atoms with Gasteiger partial charge in [-0.1, -0.05) is 12.8 Å². The molecule has 0 bridgehead atoms. The van der Waals surface area contributed by atoms with E-state index < -0.39 is 0 Å². The van der Waals surface area contributed by atoms with Crippen LogP contribution < -0.4 is 5.32 Å². The number of aliphatic hydroxyl groups is 1. The summed E-state index contributed by atoms with van der Waals surface area (Å²) in [6.07, 6.45) is 7.29. The molecule has 0 aromatic heterocycles. The van der Waals surface area contributed by atoms with Crippen LogP contribution in [0.1, 0.15) is 45.4 Å². The molecule has 1 saturated carbocycles. The number of amides is 2. The first kappa shape index (κ1) is 16.6. The highest BCUT2D eigenvalue weighted by Crippen LogP contribution is 2.45. The molecule has 2 N–H and O–H groups in total. The lowest BCUT2D eigenvalue weighted by Gasteiger charge is -2.28. The molecular formula is C16H31N3O2. The van der Waals surface area contributed by atoms with Crippen LogP contribution in [0.3, 0.4) is 0 Å². The third-order valence-electron chi connectivity index (χ3n) is 4.81. The number of likely N-dealkylation sites (tertiary alicyclic amines) is 1. The largest absolute Gasteiger partial charge is 0.396 e. The summed E-state index contributed by atoms with van der Waals surface area (Å²) in [6.45, 7) is 6.17. The maximum atomic E-state index is 12.2. The molecule has 0 radical (unpaired) electrons. The van der Waals surface area contributed by atoms with E-state index in [1.54, 1.807) is 4.90 Å². The normalized spacial score (nSPS) is 23.2. The van der Waals surface area contributed by atoms with Crippen LogP contribution in [-0.2, 0) is 0 Å². The minimum absolute atomic E-state index is 0.0138. The van der Waals surface area contributed by atoms with Gasteiger partial charge in [0.15, 0.2) is 0 Å². The standard InChI is InChI=1S/C16H31N3O2/c1-14(11-19-9-5-3-4-6-10-19)17-15(21)18(2)12-16(13-20)7-8-16/h14,20H,3-13H2,1-2H3,(H,17,21)/t14-/m1/s1. The zero-order chi connectivity index (χ0) is 15.3. The number of carbonyl (C=O) groups excluding carboxylic acids is 1. The molecule has 2 aliphatic rings. The highest BCUT2D eigenvalue weighted by atomic mass is 16.3. The molecule has 2 rings (SSSR count). The van der Waals surface area contributed by atoms with Crippen LogP contribution in [0.2, 0.25) is 0 Å². The second kappa shape index (κ2) is 7.45. The Labute approximate surface area is 128 Å². The van der Waals surface area contributed by atoms with Gasteiger partial charge in [0.05, 0.1) is 6.61 Å². The van der Waals surface area contributed by atoms with E-state index in [0.29, 0.717) is 6.54 Å². The first-order chi connectivity index (χ1) is 10.0. The predicted molar refractivity (Wildman–Crippen MR) is 84.3 cm³/mol. The van der Waals surface area contributed by atoms with Gasteiger partial charge in [0.25, 0.3) is 0 Å². The summed E-state index contributed by atoms with van der Waals surface area (Å²) < 4.78 is 0. The van der Waals surface area contributed by atoms with Crippen molar-refractivity contribution in [2.24, 2.45) is 5.41 Å². The molecule has 5 heteroatoms. The minimum Gasteiger partial charge on any atom is -0.396 e. The van der Waals surface area contributed by atoms with E-state index in [2.05, 4.69) is 17.1 Å². The fourth-order valence-electron chi connectivity index (χ4n) is 3.19. The number of carbonyl (C=O) groups is 1. The Morgan fingerprint density at radius 1 is 1.29 bits per heavy atom. The third-order valence-corrected chi connectivity index (χ3v) is 4.81. The number of nitrogens with zero attached hydrogens (tertiary/aromatic N) is 2. The van der Waals surface area contributed by atoms with Crippen molar-refractivity contribution in [2.45, 2.75) is 51.5 Å². The fraction of sp³-hybridized carbons (Fsp3) is 0.938. The summed E-state index contributed by atoms with van der Waals surface area (Å²) >= 11 is 0. The van der Waals surface area contributed by atoms with Gasteiger partial charge < -0.3 is 20.2 Å². The Hall–Kier alpha value is -0.810. The lowest BCUT2D eigenvalue weighted by Crippen LogP contribution is -2.48. The van der Waals surface area contributed by atoms with Crippen LogP contribution in [0.5, 0.6) is 0 Å². The summed E-state index contributed by atoms with van der Waals surface area (Å²) in [7, 11) is 1.82. The molecule has 1 heterocycles. The maximum absolute atomic E-state index is 12.2. The Bertz CT molecular complexity index is 336. The summed E-state index contributed by atoms with van der Waals surface area (Å²) in [5.41, 5.74) is -0.0138. The van der Waals surface area contributed by atoms with Crippen molar-refractivity contribution in [3.63, 3.8) is 0 Å². The molecule has 1 atom stereocenters. The molecule has 1 aliphatic heterocycles. The van der Waals surface area contributed by atoms with Crippen molar-refractivity contribution in [1.82, 2.24) is 15.1 Å². The van der Waals surface area contributed by atoms with Crippen molar-refractivity contribution in [3.8, 4) is 0 Å². The Balaban J connectivity index is 1.70. The highest BCUT2D eigenvalue weighted by molar-refractivity contribution is 5.74. The molecule has 122 valence electrons. The Morgan fingerprint density at radius 3 is 2.43 bits per heavy atom. The second-order valence-corrected chi connectivity index (χ2v) is 7.08. The molecule has 0 aromatic carbocycles. The van der Waals surface area contributed by atoms with E-state index in [0.717, 1.165) is 32.5 Å². The third kappa shape index (κ3) is 5.15. The molecule has 0 aromatic rings. The summed E-state index contributed by atoms with van der Waals surface area (Å²) in [6, 6.07) is 0.152. The lowest BCUT2D eigenvalue weighted by atomic mass is 10.1. The second-order valence-electron chi connectivity index (χ2n) is 7.08. The number of urea groups is 1. The SMILES string of the molecule is C[C@H](CN1CCCCCC1)NC(=O)N(C)CC1(CO)CC1. The molecule has 2 amide bonds. The van der Waals surface area contributed by atoms with Gasteiger partial charge in [-0.2, -0.15) is 0 Å². The van der Waals surface area contributed by atoms with Crippen molar-refractivity contribution in [1.29, 1.82) is 0 Å². The number of aliphatic hydroxyl groups excluding tert-OH is 1. The first-order valence-corrected chi connectivity index (χ1v) is 8.39. The van der Waals surface area contributed by atoms with Gasteiger partial charge in [0, 0.05) is 31.6 Å². The van der Waals surface area contributed by atoms with E-state index in [-0.39, 0.29) is 24.1 Å². The van der Waals surface area contributed by atoms with Gasteiger partial charge in [-0.3, -0.25) is 0 Å². The topological polar surface area (TPSA) is 55.8 Å². The van der Waals surface area contributed by atoms with Gasteiger partial charge in [-0.25, -0.2) is 4.79 Å². The summed E-state index contributed by atoms with van der Waals surface area (Å²) in [4.78, 5) is 16.4.